The fourth-order valence-corrected chi connectivity index (χ4v) is 2.23. The molecule has 1 saturated carbocycles. The number of aliphatic carboxylic acids is 1. The lowest BCUT2D eigenvalue weighted by Crippen LogP contribution is -2.54. The minimum Gasteiger partial charge on any atom is -0.480 e. The van der Waals surface area contributed by atoms with Gasteiger partial charge in [0, 0.05) is 5.38 Å². The summed E-state index contributed by atoms with van der Waals surface area (Å²) in [6.45, 7) is 1.53. The third-order valence-corrected chi connectivity index (χ3v) is 3.64. The van der Waals surface area contributed by atoms with E-state index in [-0.39, 0.29) is 11.6 Å². The number of aromatic nitrogens is 1. The number of hydrogen-bond donors (Lipinski definition) is 3. The topological polar surface area (TPSA) is 105 Å². The van der Waals surface area contributed by atoms with Gasteiger partial charge in [-0.3, -0.25) is 4.79 Å². The van der Waals surface area contributed by atoms with E-state index < -0.39 is 17.4 Å². The monoisotopic (exact) mass is 255 g/mol. The maximum atomic E-state index is 11.8. The zero-order valence-electron chi connectivity index (χ0n) is 9.27. The van der Waals surface area contributed by atoms with Gasteiger partial charge < -0.3 is 16.2 Å². The molecule has 1 aliphatic carbocycles. The Morgan fingerprint density at radius 2 is 2.29 bits per heavy atom. The van der Waals surface area contributed by atoms with Crippen molar-refractivity contribution < 1.29 is 14.7 Å². The number of carbonyl (C=O) groups excluding carboxylic acids is 1. The van der Waals surface area contributed by atoms with Gasteiger partial charge in [0.25, 0.3) is 5.91 Å². The standard InChI is InChI=1S/C10H13N3O3S/c1-10(8(15)16,5-2-3-5)13-7(14)6-4-17-9(11)12-6/h4-5H,2-3H2,1H3,(H2,11,12)(H,13,14)(H,15,16). The Balaban J connectivity index is 2.14. The van der Waals surface area contributed by atoms with Crippen molar-refractivity contribution in [2.45, 2.75) is 25.3 Å². The Kier molecular flexibility index (Phi) is 2.78. The highest BCUT2D eigenvalue weighted by atomic mass is 32.1. The van der Waals surface area contributed by atoms with Crippen LogP contribution in [0.5, 0.6) is 0 Å². The lowest BCUT2D eigenvalue weighted by Gasteiger charge is -2.25. The van der Waals surface area contributed by atoms with E-state index in [1.165, 1.54) is 12.3 Å². The second-order valence-electron chi connectivity index (χ2n) is 4.31. The summed E-state index contributed by atoms with van der Waals surface area (Å²) in [5.41, 5.74) is 4.38. The molecule has 92 valence electrons. The fraction of sp³-hybridized carbons (Fsp3) is 0.500. The first kappa shape index (κ1) is 11.8. The second kappa shape index (κ2) is 3.99. The summed E-state index contributed by atoms with van der Waals surface area (Å²) in [5.74, 6) is -1.51. The number of hydrogen-bond acceptors (Lipinski definition) is 5. The number of carboxylic acids is 1. The number of carboxylic acid groups (broad SMARTS) is 1. The minimum atomic E-state index is -1.21. The average Bonchev–Trinajstić information content (AvgIpc) is 3.01. The first-order chi connectivity index (χ1) is 7.93. The normalized spacial score (nSPS) is 18.4. The zero-order chi connectivity index (χ0) is 12.6. The lowest BCUT2D eigenvalue weighted by atomic mass is 9.96. The van der Waals surface area contributed by atoms with Crippen molar-refractivity contribution in [2.24, 2.45) is 5.92 Å². The van der Waals surface area contributed by atoms with Crippen LogP contribution in [-0.4, -0.2) is 27.5 Å². The van der Waals surface area contributed by atoms with Crippen molar-refractivity contribution in [1.29, 1.82) is 0 Å². The molecule has 0 bridgehead atoms. The lowest BCUT2D eigenvalue weighted by molar-refractivity contribution is -0.144. The van der Waals surface area contributed by atoms with Crippen molar-refractivity contribution in [2.75, 3.05) is 5.73 Å². The Morgan fingerprint density at radius 1 is 1.65 bits per heavy atom. The fourth-order valence-electron chi connectivity index (χ4n) is 1.68. The van der Waals surface area contributed by atoms with Gasteiger partial charge in [-0.2, -0.15) is 0 Å². The van der Waals surface area contributed by atoms with E-state index in [2.05, 4.69) is 10.3 Å². The number of nitrogens with zero attached hydrogens (tertiary/aromatic N) is 1. The van der Waals surface area contributed by atoms with Crippen LogP contribution in [0.1, 0.15) is 30.3 Å². The van der Waals surface area contributed by atoms with Crippen molar-refractivity contribution in [3.8, 4) is 0 Å². The number of carbonyl (C=O) groups is 2. The van der Waals surface area contributed by atoms with Crippen LogP contribution in [0.2, 0.25) is 0 Å². The van der Waals surface area contributed by atoms with Gasteiger partial charge in [0.05, 0.1) is 0 Å². The molecule has 0 saturated heterocycles. The number of rotatable bonds is 4. The van der Waals surface area contributed by atoms with Gasteiger partial charge in [0.1, 0.15) is 11.2 Å². The van der Waals surface area contributed by atoms with Crippen LogP contribution < -0.4 is 11.1 Å². The molecule has 0 radical (unpaired) electrons. The number of nitrogens with two attached hydrogens (primary N) is 1. The van der Waals surface area contributed by atoms with Crippen LogP contribution in [0.15, 0.2) is 5.38 Å². The molecule has 2 rings (SSSR count). The number of nitrogen functional groups attached to an aromatic ring is 1. The Labute approximate surface area is 102 Å². The van der Waals surface area contributed by atoms with Crippen LogP contribution in [0.3, 0.4) is 0 Å². The average molecular weight is 255 g/mol. The van der Waals surface area contributed by atoms with Gasteiger partial charge >= 0.3 is 5.97 Å². The maximum absolute atomic E-state index is 11.8. The van der Waals surface area contributed by atoms with E-state index in [1.807, 2.05) is 0 Å². The predicted molar refractivity (Wildman–Crippen MR) is 62.8 cm³/mol. The number of thiazole rings is 1. The molecule has 0 aliphatic heterocycles. The highest BCUT2D eigenvalue weighted by Gasteiger charge is 2.48. The van der Waals surface area contributed by atoms with Gasteiger partial charge in [-0.05, 0) is 25.7 Å². The Bertz CT molecular complexity index is 469. The molecule has 0 aromatic carbocycles. The van der Waals surface area contributed by atoms with E-state index in [4.69, 9.17) is 5.73 Å². The summed E-state index contributed by atoms with van der Waals surface area (Å²) in [4.78, 5) is 26.9. The van der Waals surface area contributed by atoms with Crippen LogP contribution in [0.25, 0.3) is 0 Å². The van der Waals surface area contributed by atoms with Crippen LogP contribution in [0, 0.1) is 5.92 Å². The van der Waals surface area contributed by atoms with Gasteiger partial charge in [-0.25, -0.2) is 9.78 Å². The maximum Gasteiger partial charge on any atom is 0.329 e. The summed E-state index contributed by atoms with van der Waals surface area (Å²) >= 11 is 1.15. The molecule has 4 N–H and O–H groups in total. The smallest absolute Gasteiger partial charge is 0.329 e. The molecule has 1 aromatic rings. The molecule has 1 aliphatic rings. The largest absolute Gasteiger partial charge is 0.480 e. The van der Waals surface area contributed by atoms with E-state index in [0.29, 0.717) is 5.13 Å². The molecule has 7 heteroatoms. The molecule has 1 amide bonds. The molecule has 1 fully saturated rings. The molecule has 1 heterocycles. The summed E-state index contributed by atoms with van der Waals surface area (Å²) < 4.78 is 0. The van der Waals surface area contributed by atoms with Crippen LogP contribution in [0.4, 0.5) is 5.13 Å². The van der Waals surface area contributed by atoms with E-state index in [1.54, 1.807) is 0 Å². The Hall–Kier alpha value is -1.63. The number of anilines is 1. The van der Waals surface area contributed by atoms with Gasteiger partial charge in [-0.1, -0.05) is 0 Å². The molecular formula is C10H13N3O3S. The summed E-state index contributed by atoms with van der Waals surface area (Å²) in [6.07, 6.45) is 1.64. The van der Waals surface area contributed by atoms with E-state index >= 15 is 0 Å². The first-order valence-corrected chi connectivity index (χ1v) is 6.08. The van der Waals surface area contributed by atoms with Gasteiger partial charge in [-0.15, -0.1) is 11.3 Å². The third kappa shape index (κ3) is 2.23. The highest BCUT2D eigenvalue weighted by molar-refractivity contribution is 7.13. The predicted octanol–water partition coefficient (Wildman–Crippen LogP) is 0.708. The Morgan fingerprint density at radius 3 is 2.71 bits per heavy atom. The number of nitrogens with one attached hydrogen (secondary N) is 1. The van der Waals surface area contributed by atoms with Gasteiger partial charge in [0.2, 0.25) is 0 Å². The van der Waals surface area contributed by atoms with Crippen molar-refractivity contribution in [3.05, 3.63) is 11.1 Å². The summed E-state index contributed by atoms with van der Waals surface area (Å²) in [7, 11) is 0. The third-order valence-electron chi connectivity index (χ3n) is 2.97. The van der Waals surface area contributed by atoms with E-state index in [9.17, 15) is 14.7 Å². The van der Waals surface area contributed by atoms with Crippen molar-refractivity contribution in [1.82, 2.24) is 10.3 Å². The SMILES string of the molecule is CC(NC(=O)c1csc(N)n1)(C(=O)O)C1CC1. The minimum absolute atomic E-state index is 0.0000624. The summed E-state index contributed by atoms with van der Waals surface area (Å²) in [6, 6.07) is 0. The van der Waals surface area contributed by atoms with Crippen LogP contribution >= 0.6 is 11.3 Å². The van der Waals surface area contributed by atoms with E-state index in [0.717, 1.165) is 24.2 Å². The molecule has 1 unspecified atom stereocenters. The second-order valence-corrected chi connectivity index (χ2v) is 5.20. The number of amides is 1. The molecule has 0 spiro atoms. The molecule has 1 atom stereocenters. The quantitative estimate of drug-likeness (QED) is 0.734. The first-order valence-electron chi connectivity index (χ1n) is 5.20. The molecule has 1 aromatic heterocycles. The summed E-state index contributed by atoms with van der Waals surface area (Å²) in [5, 5.41) is 13.5. The molecule has 6 nitrogen and oxygen atoms in total. The van der Waals surface area contributed by atoms with Crippen molar-refractivity contribution >= 4 is 28.3 Å². The van der Waals surface area contributed by atoms with Crippen molar-refractivity contribution in [3.63, 3.8) is 0 Å². The van der Waals surface area contributed by atoms with Gasteiger partial charge in [0.15, 0.2) is 5.13 Å². The molecule has 17 heavy (non-hydrogen) atoms. The molecular weight excluding hydrogens is 242 g/mol. The zero-order valence-corrected chi connectivity index (χ0v) is 10.1. The highest BCUT2D eigenvalue weighted by Crippen LogP contribution is 2.39. The van der Waals surface area contributed by atoms with Crippen LogP contribution in [-0.2, 0) is 4.79 Å².